The highest BCUT2D eigenvalue weighted by Crippen LogP contribution is 2.70. The van der Waals surface area contributed by atoms with Crippen LogP contribution in [0.1, 0.15) is 136 Å². The molecule has 0 radical (unpaired) electrons. The first kappa shape index (κ1) is 31.2. The van der Waals surface area contributed by atoms with Gasteiger partial charge in [0.2, 0.25) is 0 Å². The zero-order valence-electron chi connectivity index (χ0n) is 25.9. The summed E-state index contributed by atoms with van der Waals surface area (Å²) in [5, 5.41) is 35.3. The summed E-state index contributed by atoms with van der Waals surface area (Å²) in [5.74, 6) is 0.0604. The molecule has 4 aliphatic carbocycles. The van der Waals surface area contributed by atoms with Gasteiger partial charge in [-0.2, -0.15) is 0 Å². The van der Waals surface area contributed by atoms with E-state index in [0.717, 1.165) is 45.1 Å². The summed E-state index contributed by atoms with van der Waals surface area (Å²) in [6.07, 6.45) is 24.3. The summed E-state index contributed by atoms with van der Waals surface area (Å²) in [7, 11) is 0. The van der Waals surface area contributed by atoms with Gasteiger partial charge in [0.05, 0.1) is 17.3 Å². The smallest absolute Gasteiger partial charge is 0.331 e. The highest BCUT2D eigenvalue weighted by molar-refractivity contribution is 5.84. The van der Waals surface area contributed by atoms with Gasteiger partial charge < -0.3 is 20.1 Å². The quantitative estimate of drug-likeness (QED) is 0.130. The maximum atomic E-state index is 12.5. The lowest BCUT2D eigenvalue weighted by Crippen LogP contribution is -2.69. The van der Waals surface area contributed by atoms with E-state index in [0.29, 0.717) is 25.7 Å². The van der Waals surface area contributed by atoms with E-state index in [1.165, 1.54) is 63.9 Å². The number of carbonyl (C=O) groups is 1. The highest BCUT2D eigenvalue weighted by atomic mass is 16.5. The lowest BCUT2D eigenvalue weighted by Gasteiger charge is -2.65. The standard InChI is InChI=1S/C35H57NO5/c1-3-4-5-6-7-8-9-10-11-12-23-36-25-33-20-15-26(37)24-34(33,39)21-17-28-27(33)16-19-32(2)29(18-22-35(28,32)40)30-13-14-31(38)41-30/h13-14,25-30,37,39-40H,3-12,15-24H2,1-2H3/t26-,27-,28+,29-,30+,32+,33-,34+,35+/m0/s1. The van der Waals surface area contributed by atoms with Gasteiger partial charge in [-0.15, -0.1) is 0 Å². The number of nitrogens with zero attached hydrogens (tertiary/aromatic N) is 1. The fourth-order valence-electron chi connectivity index (χ4n) is 10.3. The van der Waals surface area contributed by atoms with Crippen LogP contribution >= 0.6 is 0 Å². The average molecular weight is 572 g/mol. The second-order valence-corrected chi connectivity index (χ2v) is 14.7. The van der Waals surface area contributed by atoms with Gasteiger partial charge >= 0.3 is 5.97 Å². The van der Waals surface area contributed by atoms with Crippen molar-refractivity contribution in [2.45, 2.75) is 159 Å². The molecule has 41 heavy (non-hydrogen) atoms. The Kier molecular flexibility index (Phi) is 9.72. The van der Waals surface area contributed by atoms with E-state index in [-0.39, 0.29) is 35.2 Å². The van der Waals surface area contributed by atoms with Crippen molar-refractivity contribution in [1.82, 2.24) is 0 Å². The molecule has 6 heteroatoms. The van der Waals surface area contributed by atoms with Crippen LogP contribution in [0.15, 0.2) is 17.1 Å². The van der Waals surface area contributed by atoms with Crippen LogP contribution in [0, 0.1) is 28.6 Å². The molecule has 0 aromatic rings. The molecule has 0 unspecified atom stereocenters. The van der Waals surface area contributed by atoms with Gasteiger partial charge in [-0.25, -0.2) is 4.79 Å². The van der Waals surface area contributed by atoms with E-state index in [9.17, 15) is 20.1 Å². The van der Waals surface area contributed by atoms with Crippen molar-refractivity contribution in [1.29, 1.82) is 0 Å². The van der Waals surface area contributed by atoms with Gasteiger partial charge in [-0.3, -0.25) is 4.99 Å². The molecule has 0 bridgehead atoms. The Morgan fingerprint density at radius 1 is 0.878 bits per heavy atom. The number of hydrogen-bond acceptors (Lipinski definition) is 6. The second kappa shape index (κ2) is 12.8. The molecular formula is C35H57NO5. The van der Waals surface area contributed by atoms with E-state index in [4.69, 9.17) is 9.73 Å². The Bertz CT molecular complexity index is 966. The summed E-state index contributed by atoms with van der Waals surface area (Å²) < 4.78 is 5.65. The Hall–Kier alpha value is -1.24. The molecule has 0 spiro atoms. The fourth-order valence-corrected chi connectivity index (χ4v) is 10.3. The molecule has 0 amide bonds. The molecule has 4 fully saturated rings. The van der Waals surface area contributed by atoms with Crippen LogP contribution in [-0.4, -0.2) is 57.5 Å². The third kappa shape index (κ3) is 5.71. The topological polar surface area (TPSA) is 99.4 Å². The van der Waals surface area contributed by atoms with Crippen LogP contribution in [0.4, 0.5) is 0 Å². The van der Waals surface area contributed by atoms with E-state index in [1.54, 1.807) is 0 Å². The Balaban J connectivity index is 1.24. The van der Waals surface area contributed by atoms with Crippen molar-refractivity contribution in [2.75, 3.05) is 6.54 Å². The molecule has 1 aliphatic heterocycles. The first-order chi connectivity index (χ1) is 19.7. The van der Waals surface area contributed by atoms with Gasteiger partial charge in [0.15, 0.2) is 0 Å². The van der Waals surface area contributed by atoms with Crippen LogP contribution in [0.2, 0.25) is 0 Å². The number of esters is 1. The first-order valence-corrected chi connectivity index (χ1v) is 17.2. The molecule has 5 aliphatic rings. The van der Waals surface area contributed by atoms with Crippen LogP contribution in [-0.2, 0) is 9.53 Å². The van der Waals surface area contributed by atoms with Crippen molar-refractivity contribution >= 4 is 12.2 Å². The average Bonchev–Trinajstić information content (AvgIpc) is 3.49. The molecule has 6 nitrogen and oxygen atoms in total. The number of rotatable bonds is 13. The lowest BCUT2D eigenvalue weighted by molar-refractivity contribution is -0.241. The maximum Gasteiger partial charge on any atom is 0.331 e. The fraction of sp³-hybridized carbons (Fsp3) is 0.886. The van der Waals surface area contributed by atoms with Crippen molar-refractivity contribution < 1.29 is 24.9 Å². The predicted molar refractivity (Wildman–Crippen MR) is 163 cm³/mol. The largest absolute Gasteiger partial charge is 0.455 e. The van der Waals surface area contributed by atoms with Crippen LogP contribution in [0.5, 0.6) is 0 Å². The molecule has 5 rings (SSSR count). The van der Waals surface area contributed by atoms with Gasteiger partial charge in [0.25, 0.3) is 0 Å². The predicted octanol–water partition coefficient (Wildman–Crippen LogP) is 6.69. The van der Waals surface area contributed by atoms with Gasteiger partial charge in [0.1, 0.15) is 6.10 Å². The molecule has 0 saturated heterocycles. The summed E-state index contributed by atoms with van der Waals surface area (Å²) in [6.45, 7) is 5.27. The number of aliphatic imine (C=N–C) groups is 1. The van der Waals surface area contributed by atoms with Crippen LogP contribution in [0.3, 0.4) is 0 Å². The summed E-state index contributed by atoms with van der Waals surface area (Å²) in [5.41, 5.74) is -2.65. The summed E-state index contributed by atoms with van der Waals surface area (Å²) in [4.78, 5) is 16.9. The third-order valence-corrected chi connectivity index (χ3v) is 12.6. The number of aliphatic hydroxyl groups excluding tert-OH is 1. The van der Waals surface area contributed by atoms with Crippen molar-refractivity contribution in [2.24, 2.45) is 33.6 Å². The van der Waals surface area contributed by atoms with E-state index >= 15 is 0 Å². The molecule has 0 aromatic heterocycles. The van der Waals surface area contributed by atoms with E-state index < -0.39 is 22.7 Å². The molecule has 4 saturated carbocycles. The van der Waals surface area contributed by atoms with Gasteiger partial charge in [-0.1, -0.05) is 71.6 Å². The Labute approximate surface area is 248 Å². The minimum Gasteiger partial charge on any atom is -0.455 e. The summed E-state index contributed by atoms with van der Waals surface area (Å²) >= 11 is 0. The van der Waals surface area contributed by atoms with Crippen molar-refractivity contribution in [3.05, 3.63) is 12.2 Å². The van der Waals surface area contributed by atoms with Crippen molar-refractivity contribution in [3.63, 3.8) is 0 Å². The number of fused-ring (bicyclic) bond motifs is 5. The number of unbranched alkanes of at least 4 members (excludes halogenated alkanes) is 9. The Morgan fingerprint density at radius 3 is 2.22 bits per heavy atom. The van der Waals surface area contributed by atoms with Gasteiger partial charge in [0, 0.05) is 42.0 Å². The molecule has 1 heterocycles. The SMILES string of the molecule is CCCCCCCCCCCCN=C[C@]12CC[C@H](O)C[C@]1(O)CC[C@@H]1[C@@H]2CC[C@]2(C)[C@H]([C@H]3C=CC(=O)O3)CC[C@@]12O. The van der Waals surface area contributed by atoms with E-state index in [1.807, 2.05) is 6.08 Å². The second-order valence-electron chi connectivity index (χ2n) is 14.7. The molecule has 3 N–H and O–H groups in total. The number of cyclic esters (lactones) is 1. The van der Waals surface area contributed by atoms with Crippen molar-refractivity contribution in [3.8, 4) is 0 Å². The molecule has 232 valence electrons. The maximum absolute atomic E-state index is 12.5. The Morgan fingerprint density at radius 2 is 1.54 bits per heavy atom. The summed E-state index contributed by atoms with van der Waals surface area (Å²) in [6, 6.07) is 0. The minimum absolute atomic E-state index is 0.0756. The first-order valence-electron chi connectivity index (χ1n) is 17.2. The normalized spacial score (nSPS) is 43.6. The number of aliphatic hydroxyl groups is 3. The number of ether oxygens (including phenoxy) is 1. The monoisotopic (exact) mass is 571 g/mol. The van der Waals surface area contributed by atoms with Gasteiger partial charge in [-0.05, 0) is 75.7 Å². The van der Waals surface area contributed by atoms with E-state index in [2.05, 4.69) is 20.1 Å². The number of hydrogen-bond donors (Lipinski definition) is 3. The zero-order chi connectivity index (χ0) is 29.1. The third-order valence-electron chi connectivity index (χ3n) is 12.6. The molecule has 0 aromatic carbocycles. The molecule has 9 atom stereocenters. The van der Waals surface area contributed by atoms with Crippen LogP contribution in [0.25, 0.3) is 0 Å². The highest BCUT2D eigenvalue weighted by Gasteiger charge is 2.71. The number of carbonyl (C=O) groups excluding carboxylic acids is 1. The minimum atomic E-state index is -0.973. The molecular weight excluding hydrogens is 514 g/mol. The zero-order valence-corrected chi connectivity index (χ0v) is 25.9. The lowest BCUT2D eigenvalue weighted by atomic mass is 9.41. The van der Waals surface area contributed by atoms with Crippen LogP contribution < -0.4 is 0 Å².